The Morgan fingerprint density at radius 1 is 1.23 bits per heavy atom. The van der Waals surface area contributed by atoms with Crippen molar-refractivity contribution >= 4 is 15.9 Å². The van der Waals surface area contributed by atoms with Crippen molar-refractivity contribution in [1.29, 1.82) is 0 Å². The maximum Gasteiger partial charge on any atom is 0.164 e. The van der Waals surface area contributed by atoms with E-state index in [4.69, 9.17) is 0 Å². The molecule has 0 nitrogen and oxygen atoms in total. The van der Waals surface area contributed by atoms with E-state index in [1.165, 1.54) is 0 Å². The van der Waals surface area contributed by atoms with Crippen molar-refractivity contribution in [2.45, 2.75) is 18.2 Å². The first-order valence-corrected chi connectivity index (χ1v) is 4.70. The highest BCUT2D eigenvalue weighted by Crippen LogP contribution is 2.19. The molecule has 0 amide bonds. The highest BCUT2D eigenvalue weighted by molar-refractivity contribution is 9.09. The number of hydrogen-bond acceptors (Lipinski definition) is 0. The average Bonchev–Trinajstić information content (AvgIpc) is 2.05. The molecule has 0 fully saturated rings. The van der Waals surface area contributed by atoms with Crippen LogP contribution < -0.4 is 0 Å². The summed E-state index contributed by atoms with van der Waals surface area (Å²) >= 11 is 3.15. The number of benzene rings is 1. The van der Waals surface area contributed by atoms with E-state index in [-0.39, 0.29) is 16.8 Å². The molecule has 0 bridgehead atoms. The minimum absolute atomic E-state index is 0.0849. The Kier molecular flexibility index (Phi) is 3.36. The van der Waals surface area contributed by atoms with E-state index in [1.54, 1.807) is 6.92 Å². The fourth-order valence-electron chi connectivity index (χ4n) is 1.04. The van der Waals surface area contributed by atoms with Gasteiger partial charge in [-0.1, -0.05) is 22.9 Å². The van der Waals surface area contributed by atoms with Crippen LogP contribution in [0.4, 0.5) is 13.2 Å². The molecule has 4 heteroatoms. The number of hydrogen-bond donors (Lipinski definition) is 0. The molecule has 0 heterocycles. The smallest absolute Gasteiger partial charge is 0.164 e. The second-order valence-electron chi connectivity index (χ2n) is 2.81. The molecule has 0 aliphatic carbocycles. The van der Waals surface area contributed by atoms with Gasteiger partial charge in [0, 0.05) is 10.4 Å². The van der Waals surface area contributed by atoms with Gasteiger partial charge in [0.15, 0.2) is 11.6 Å². The van der Waals surface area contributed by atoms with E-state index in [9.17, 15) is 13.2 Å². The van der Waals surface area contributed by atoms with Crippen LogP contribution in [-0.2, 0) is 6.42 Å². The van der Waals surface area contributed by atoms with Crippen molar-refractivity contribution in [2.24, 2.45) is 0 Å². The number of rotatable bonds is 2. The third-order valence-electron chi connectivity index (χ3n) is 1.62. The van der Waals surface area contributed by atoms with Gasteiger partial charge in [-0.05, 0) is 18.6 Å². The molecule has 0 spiro atoms. The Hall–Kier alpha value is -0.510. The van der Waals surface area contributed by atoms with Crippen LogP contribution in [0.15, 0.2) is 12.1 Å². The van der Waals surface area contributed by atoms with Crippen LogP contribution in [-0.4, -0.2) is 4.83 Å². The largest absolute Gasteiger partial charge is 0.207 e. The summed E-state index contributed by atoms with van der Waals surface area (Å²) in [6.45, 7) is 1.74. The Morgan fingerprint density at radius 2 is 1.77 bits per heavy atom. The van der Waals surface area contributed by atoms with Gasteiger partial charge in [0.1, 0.15) is 5.82 Å². The zero-order chi connectivity index (χ0) is 10.0. The van der Waals surface area contributed by atoms with Crippen molar-refractivity contribution in [1.82, 2.24) is 0 Å². The molecule has 1 unspecified atom stereocenters. The average molecular weight is 253 g/mol. The maximum absolute atomic E-state index is 13.0. The molecule has 0 aliphatic heterocycles. The zero-order valence-electron chi connectivity index (χ0n) is 6.95. The summed E-state index contributed by atoms with van der Waals surface area (Å²) in [5.41, 5.74) is -0.204. The molecular formula is C9H8BrF3. The second kappa shape index (κ2) is 4.13. The molecule has 0 radical (unpaired) electrons. The molecule has 1 rings (SSSR count). The molecule has 0 N–H and O–H groups in total. The van der Waals surface area contributed by atoms with Crippen LogP contribution in [0.25, 0.3) is 0 Å². The van der Waals surface area contributed by atoms with Gasteiger partial charge in [-0.15, -0.1) is 0 Å². The van der Waals surface area contributed by atoms with Crippen LogP contribution in [0.1, 0.15) is 12.5 Å². The maximum atomic E-state index is 13.0. The minimum atomic E-state index is -1.09. The van der Waals surface area contributed by atoms with E-state index in [0.29, 0.717) is 0 Å². The molecule has 1 atom stereocenters. The SMILES string of the molecule is CC(Br)Cc1c(F)ccc(F)c1F. The van der Waals surface area contributed by atoms with Crippen LogP contribution >= 0.6 is 15.9 Å². The van der Waals surface area contributed by atoms with Crippen molar-refractivity contribution in [2.75, 3.05) is 0 Å². The summed E-state index contributed by atoms with van der Waals surface area (Å²) in [6.07, 6.45) is 0.134. The van der Waals surface area contributed by atoms with E-state index >= 15 is 0 Å². The summed E-state index contributed by atoms with van der Waals surface area (Å²) in [6, 6.07) is 1.72. The number of alkyl halides is 1. The van der Waals surface area contributed by atoms with Crippen molar-refractivity contribution in [3.05, 3.63) is 35.1 Å². The Labute approximate surface area is 82.9 Å². The van der Waals surface area contributed by atoms with Gasteiger partial charge < -0.3 is 0 Å². The van der Waals surface area contributed by atoms with Gasteiger partial charge in [0.05, 0.1) is 0 Å². The number of halogens is 4. The molecule has 1 aromatic rings. The molecule has 0 saturated carbocycles. The highest BCUT2D eigenvalue weighted by atomic mass is 79.9. The Bertz CT molecular complexity index is 310. The quantitative estimate of drug-likeness (QED) is 0.559. The zero-order valence-corrected chi connectivity index (χ0v) is 8.54. The normalized spacial score (nSPS) is 13.0. The topological polar surface area (TPSA) is 0 Å². The van der Waals surface area contributed by atoms with Gasteiger partial charge in [-0.25, -0.2) is 13.2 Å². The molecule has 0 aliphatic rings. The van der Waals surface area contributed by atoms with Crippen molar-refractivity contribution in [3.8, 4) is 0 Å². The Balaban J connectivity index is 3.10. The van der Waals surface area contributed by atoms with Gasteiger partial charge in [-0.2, -0.15) is 0 Å². The molecule has 72 valence electrons. The van der Waals surface area contributed by atoms with Crippen molar-refractivity contribution < 1.29 is 13.2 Å². The lowest BCUT2D eigenvalue weighted by Crippen LogP contribution is -2.04. The standard InChI is InChI=1S/C9H8BrF3/c1-5(10)4-6-7(11)2-3-8(12)9(6)13/h2-3,5H,4H2,1H3. The lowest BCUT2D eigenvalue weighted by atomic mass is 10.1. The van der Waals surface area contributed by atoms with Crippen LogP contribution in [0.3, 0.4) is 0 Å². The molecule has 13 heavy (non-hydrogen) atoms. The van der Waals surface area contributed by atoms with E-state index in [2.05, 4.69) is 15.9 Å². The summed E-state index contributed by atoms with van der Waals surface area (Å²) in [5.74, 6) is -2.80. The van der Waals surface area contributed by atoms with Gasteiger partial charge in [0.2, 0.25) is 0 Å². The van der Waals surface area contributed by atoms with E-state index in [0.717, 1.165) is 12.1 Å². The fourth-order valence-corrected chi connectivity index (χ4v) is 1.36. The summed E-state index contributed by atoms with van der Waals surface area (Å²) in [4.78, 5) is -0.0849. The molecule has 0 saturated heterocycles. The monoisotopic (exact) mass is 252 g/mol. The predicted molar refractivity (Wildman–Crippen MR) is 48.4 cm³/mol. The molecule has 0 aromatic heterocycles. The van der Waals surface area contributed by atoms with Gasteiger partial charge >= 0.3 is 0 Å². The van der Waals surface area contributed by atoms with E-state index < -0.39 is 17.5 Å². The fraction of sp³-hybridized carbons (Fsp3) is 0.333. The minimum Gasteiger partial charge on any atom is -0.207 e. The lowest BCUT2D eigenvalue weighted by molar-refractivity contribution is 0.479. The van der Waals surface area contributed by atoms with Gasteiger partial charge in [0.25, 0.3) is 0 Å². The van der Waals surface area contributed by atoms with E-state index in [1.807, 2.05) is 0 Å². The Morgan fingerprint density at radius 3 is 2.31 bits per heavy atom. The lowest BCUT2D eigenvalue weighted by Gasteiger charge is -2.06. The molecular weight excluding hydrogens is 245 g/mol. The predicted octanol–water partition coefficient (Wildman–Crippen LogP) is 3.43. The first-order chi connectivity index (χ1) is 6.02. The highest BCUT2D eigenvalue weighted by Gasteiger charge is 2.14. The summed E-state index contributed by atoms with van der Waals surface area (Å²) in [5, 5.41) is 0. The first kappa shape index (κ1) is 10.6. The third-order valence-corrected chi connectivity index (χ3v) is 1.95. The first-order valence-electron chi connectivity index (χ1n) is 3.79. The van der Waals surface area contributed by atoms with Gasteiger partial charge in [-0.3, -0.25) is 0 Å². The molecule has 1 aromatic carbocycles. The van der Waals surface area contributed by atoms with Crippen molar-refractivity contribution in [3.63, 3.8) is 0 Å². The summed E-state index contributed by atoms with van der Waals surface area (Å²) < 4.78 is 38.6. The van der Waals surface area contributed by atoms with Crippen LogP contribution in [0.2, 0.25) is 0 Å². The van der Waals surface area contributed by atoms with Crippen LogP contribution in [0, 0.1) is 17.5 Å². The third kappa shape index (κ3) is 2.46. The second-order valence-corrected chi connectivity index (χ2v) is 4.37. The van der Waals surface area contributed by atoms with Crippen LogP contribution in [0.5, 0.6) is 0 Å². The summed E-state index contributed by atoms with van der Waals surface area (Å²) in [7, 11) is 0.